The molecule has 0 saturated carbocycles. The van der Waals surface area contributed by atoms with Gasteiger partial charge in [-0.3, -0.25) is 4.79 Å². The van der Waals surface area contributed by atoms with Crippen LogP contribution in [0.5, 0.6) is 0 Å². The largest absolute Gasteiger partial charge is 0.353 e. The molecule has 1 amide bonds. The molecular weight excluding hydrogens is 384 g/mol. The van der Waals surface area contributed by atoms with E-state index in [-0.39, 0.29) is 5.91 Å². The van der Waals surface area contributed by atoms with Crippen LogP contribution in [0, 0.1) is 6.92 Å². The van der Waals surface area contributed by atoms with Crippen LogP contribution in [0.15, 0.2) is 72.9 Å². The van der Waals surface area contributed by atoms with Gasteiger partial charge in [-0.15, -0.1) is 0 Å². The van der Waals surface area contributed by atoms with Crippen molar-refractivity contribution >= 4 is 22.6 Å². The molecule has 156 valence electrons. The number of carbonyl (C=O) groups excluding carboxylic acids is 1. The highest BCUT2D eigenvalue weighted by atomic mass is 16.2. The standard InChI is InChI=1S/C26H26N4O/c1-19-9-8-12-21-23(19)24(25(28(21)2)20-10-4-3-5-11-20)26(31)30-17-15-29(16-18-30)22-13-6-7-14-27-22/h3-14H,15-18H2,1-2H3. The molecule has 1 fully saturated rings. The summed E-state index contributed by atoms with van der Waals surface area (Å²) in [7, 11) is 2.06. The van der Waals surface area contributed by atoms with Crippen molar-refractivity contribution < 1.29 is 4.79 Å². The van der Waals surface area contributed by atoms with Gasteiger partial charge in [0.25, 0.3) is 5.91 Å². The molecule has 3 heterocycles. The Balaban J connectivity index is 1.53. The van der Waals surface area contributed by atoms with Crippen molar-refractivity contribution in [2.45, 2.75) is 6.92 Å². The minimum absolute atomic E-state index is 0.111. The molecule has 0 N–H and O–H groups in total. The number of amides is 1. The van der Waals surface area contributed by atoms with Gasteiger partial charge in [-0.2, -0.15) is 0 Å². The number of fused-ring (bicyclic) bond motifs is 1. The lowest BCUT2D eigenvalue weighted by Crippen LogP contribution is -2.49. The van der Waals surface area contributed by atoms with E-state index in [1.165, 1.54) is 0 Å². The van der Waals surface area contributed by atoms with E-state index in [2.05, 4.69) is 58.8 Å². The second-order valence-electron chi connectivity index (χ2n) is 8.08. The van der Waals surface area contributed by atoms with E-state index in [9.17, 15) is 4.79 Å². The van der Waals surface area contributed by atoms with Crippen LogP contribution in [0.4, 0.5) is 5.82 Å². The third-order valence-corrected chi connectivity index (χ3v) is 6.24. The Morgan fingerprint density at radius 1 is 0.871 bits per heavy atom. The lowest BCUT2D eigenvalue weighted by molar-refractivity contribution is 0.0749. The number of hydrogen-bond acceptors (Lipinski definition) is 3. The number of rotatable bonds is 3. The summed E-state index contributed by atoms with van der Waals surface area (Å²) in [6.45, 7) is 5.03. The molecule has 5 heteroatoms. The third-order valence-electron chi connectivity index (χ3n) is 6.24. The van der Waals surface area contributed by atoms with Gasteiger partial charge in [0.2, 0.25) is 0 Å². The molecule has 2 aromatic heterocycles. The average molecular weight is 411 g/mol. The predicted molar refractivity (Wildman–Crippen MR) is 125 cm³/mol. The van der Waals surface area contributed by atoms with Crippen LogP contribution in [-0.4, -0.2) is 46.5 Å². The number of aryl methyl sites for hydroxylation is 2. The van der Waals surface area contributed by atoms with Crippen LogP contribution < -0.4 is 4.90 Å². The molecule has 0 aliphatic carbocycles. The molecule has 0 unspecified atom stereocenters. The van der Waals surface area contributed by atoms with E-state index in [1.54, 1.807) is 0 Å². The zero-order valence-corrected chi connectivity index (χ0v) is 18.0. The molecule has 1 aliphatic heterocycles. The van der Waals surface area contributed by atoms with Crippen LogP contribution in [0.25, 0.3) is 22.2 Å². The molecule has 4 aromatic rings. The third kappa shape index (κ3) is 3.36. The number of carbonyl (C=O) groups is 1. The summed E-state index contributed by atoms with van der Waals surface area (Å²) in [5.41, 5.74) is 5.09. The monoisotopic (exact) mass is 410 g/mol. The molecular formula is C26H26N4O. The van der Waals surface area contributed by atoms with Gasteiger partial charge in [0.05, 0.1) is 11.3 Å². The molecule has 1 aliphatic rings. The summed E-state index contributed by atoms with van der Waals surface area (Å²) in [5, 5.41) is 1.06. The van der Waals surface area contributed by atoms with E-state index in [0.29, 0.717) is 13.1 Å². The lowest BCUT2D eigenvalue weighted by Gasteiger charge is -2.35. The first-order valence-corrected chi connectivity index (χ1v) is 10.7. The number of piperazine rings is 1. The SMILES string of the molecule is Cc1cccc2c1c(C(=O)N1CCN(c3ccccn3)CC1)c(-c1ccccc1)n2C. The molecule has 5 rings (SSSR count). The molecule has 5 nitrogen and oxygen atoms in total. The van der Waals surface area contributed by atoms with Crippen LogP contribution in [0.3, 0.4) is 0 Å². The molecule has 0 spiro atoms. The van der Waals surface area contributed by atoms with E-state index in [1.807, 2.05) is 47.5 Å². The van der Waals surface area contributed by atoms with Gasteiger partial charge in [0.1, 0.15) is 5.82 Å². The summed E-state index contributed by atoms with van der Waals surface area (Å²) in [4.78, 5) is 22.6. The van der Waals surface area contributed by atoms with E-state index in [4.69, 9.17) is 0 Å². The zero-order chi connectivity index (χ0) is 21.4. The van der Waals surface area contributed by atoms with Crippen LogP contribution in [0.1, 0.15) is 15.9 Å². The second kappa shape index (κ2) is 7.91. The Labute approximate surface area is 182 Å². The summed E-state index contributed by atoms with van der Waals surface area (Å²) >= 11 is 0. The zero-order valence-electron chi connectivity index (χ0n) is 18.0. The van der Waals surface area contributed by atoms with Crippen molar-refractivity contribution in [2.24, 2.45) is 7.05 Å². The molecule has 1 saturated heterocycles. The molecule has 0 atom stereocenters. The minimum Gasteiger partial charge on any atom is -0.353 e. The van der Waals surface area contributed by atoms with Crippen molar-refractivity contribution in [2.75, 3.05) is 31.1 Å². The van der Waals surface area contributed by atoms with Gasteiger partial charge in [0, 0.05) is 50.3 Å². The Bertz CT molecular complexity index is 1220. The smallest absolute Gasteiger partial charge is 0.256 e. The number of aromatic nitrogens is 2. The summed E-state index contributed by atoms with van der Waals surface area (Å²) in [6, 6.07) is 22.4. The molecule has 31 heavy (non-hydrogen) atoms. The number of hydrogen-bond donors (Lipinski definition) is 0. The quantitative estimate of drug-likeness (QED) is 0.499. The van der Waals surface area contributed by atoms with Crippen LogP contribution in [-0.2, 0) is 7.05 Å². The molecule has 0 radical (unpaired) electrons. The lowest BCUT2D eigenvalue weighted by atomic mass is 10.0. The van der Waals surface area contributed by atoms with Gasteiger partial charge in [-0.05, 0) is 36.2 Å². The molecule has 0 bridgehead atoms. The fourth-order valence-corrected chi connectivity index (χ4v) is 4.64. The van der Waals surface area contributed by atoms with E-state index < -0.39 is 0 Å². The fourth-order valence-electron chi connectivity index (χ4n) is 4.64. The first-order chi connectivity index (χ1) is 15.1. The number of benzene rings is 2. The summed E-state index contributed by atoms with van der Waals surface area (Å²) in [6.07, 6.45) is 1.82. The van der Waals surface area contributed by atoms with Gasteiger partial charge < -0.3 is 14.4 Å². The van der Waals surface area contributed by atoms with Crippen molar-refractivity contribution in [3.63, 3.8) is 0 Å². The number of anilines is 1. The Morgan fingerprint density at radius 2 is 1.61 bits per heavy atom. The Hall–Kier alpha value is -3.60. The maximum atomic E-state index is 13.9. The Kier molecular flexibility index (Phi) is 4.94. The van der Waals surface area contributed by atoms with Gasteiger partial charge in [0.15, 0.2) is 0 Å². The fraction of sp³-hybridized carbons (Fsp3) is 0.231. The van der Waals surface area contributed by atoms with E-state index >= 15 is 0 Å². The predicted octanol–water partition coefficient (Wildman–Crippen LogP) is 4.51. The van der Waals surface area contributed by atoms with E-state index in [0.717, 1.165) is 52.2 Å². The topological polar surface area (TPSA) is 41.4 Å². The average Bonchev–Trinajstić information content (AvgIpc) is 3.13. The van der Waals surface area contributed by atoms with Crippen LogP contribution in [0.2, 0.25) is 0 Å². The van der Waals surface area contributed by atoms with Crippen molar-refractivity contribution in [3.05, 3.63) is 84.1 Å². The number of pyridine rings is 1. The minimum atomic E-state index is 0.111. The summed E-state index contributed by atoms with van der Waals surface area (Å²) < 4.78 is 2.16. The summed E-state index contributed by atoms with van der Waals surface area (Å²) in [5.74, 6) is 1.08. The first kappa shape index (κ1) is 19.4. The van der Waals surface area contributed by atoms with Crippen LogP contribution >= 0.6 is 0 Å². The van der Waals surface area contributed by atoms with Crippen molar-refractivity contribution in [3.8, 4) is 11.3 Å². The molecule has 2 aromatic carbocycles. The van der Waals surface area contributed by atoms with Crippen molar-refractivity contribution in [1.29, 1.82) is 0 Å². The highest BCUT2D eigenvalue weighted by molar-refractivity contribution is 6.13. The normalized spacial score (nSPS) is 14.3. The maximum Gasteiger partial charge on any atom is 0.256 e. The highest BCUT2D eigenvalue weighted by Gasteiger charge is 2.29. The Morgan fingerprint density at radius 3 is 2.32 bits per heavy atom. The highest BCUT2D eigenvalue weighted by Crippen LogP contribution is 2.36. The van der Waals surface area contributed by atoms with Gasteiger partial charge in [-0.25, -0.2) is 4.98 Å². The van der Waals surface area contributed by atoms with Crippen molar-refractivity contribution in [1.82, 2.24) is 14.5 Å². The van der Waals surface area contributed by atoms with Gasteiger partial charge >= 0.3 is 0 Å². The maximum absolute atomic E-state index is 13.9. The van der Waals surface area contributed by atoms with Gasteiger partial charge in [-0.1, -0.05) is 48.5 Å². The second-order valence-corrected chi connectivity index (χ2v) is 8.08. The number of nitrogens with zero attached hydrogens (tertiary/aromatic N) is 4. The first-order valence-electron chi connectivity index (χ1n) is 10.7.